The van der Waals surface area contributed by atoms with Crippen LogP contribution in [-0.2, 0) is 0 Å². The third-order valence-corrected chi connectivity index (χ3v) is 6.41. The number of aliphatic hydroxyl groups is 2. The molecule has 0 unspecified atom stereocenters. The van der Waals surface area contributed by atoms with Crippen molar-refractivity contribution in [1.82, 2.24) is 0 Å². The molecule has 6 nitrogen and oxygen atoms in total. The highest BCUT2D eigenvalue weighted by Gasteiger charge is 2.39. The minimum absolute atomic E-state index is 0.160. The van der Waals surface area contributed by atoms with Gasteiger partial charge >= 0.3 is 0 Å². The van der Waals surface area contributed by atoms with Gasteiger partial charge in [-0.05, 0) is 99.9 Å². The predicted molar refractivity (Wildman–Crippen MR) is 121 cm³/mol. The monoisotopic (exact) mass is 440 g/mol. The molecule has 0 aliphatic heterocycles. The lowest BCUT2D eigenvalue weighted by Crippen LogP contribution is -2.35. The van der Waals surface area contributed by atoms with Crippen molar-refractivity contribution in [2.75, 3.05) is 14.2 Å². The molecule has 0 spiro atoms. The molecule has 2 aliphatic carbocycles. The summed E-state index contributed by atoms with van der Waals surface area (Å²) >= 11 is 0. The van der Waals surface area contributed by atoms with Gasteiger partial charge in [0.2, 0.25) is 0 Å². The molecule has 2 N–H and O–H groups in total. The second-order valence-electron chi connectivity index (χ2n) is 8.59. The number of carbonyl (C=O) groups is 2. The van der Waals surface area contributed by atoms with Crippen LogP contribution >= 0.6 is 0 Å². The molecule has 0 aromatic heterocycles. The molecule has 2 saturated carbocycles. The average Bonchev–Trinajstić information content (AvgIpc) is 3.48. The molecule has 2 fully saturated rings. The summed E-state index contributed by atoms with van der Waals surface area (Å²) in [7, 11) is 3.17. The number of hydrogen-bond acceptors (Lipinski definition) is 6. The summed E-state index contributed by atoms with van der Waals surface area (Å²) in [6.07, 6.45) is 6.04. The number of ketones is 2. The molecule has 0 saturated heterocycles. The third-order valence-electron chi connectivity index (χ3n) is 6.41. The first-order chi connectivity index (χ1) is 15.3. The summed E-state index contributed by atoms with van der Waals surface area (Å²) < 4.78 is 10.1. The largest absolute Gasteiger partial charge is 0.497 e. The molecular formula is C26H32O6. The van der Waals surface area contributed by atoms with Gasteiger partial charge < -0.3 is 19.7 Å². The van der Waals surface area contributed by atoms with E-state index in [9.17, 15) is 19.8 Å². The van der Waals surface area contributed by atoms with Crippen molar-refractivity contribution in [1.29, 1.82) is 0 Å². The van der Waals surface area contributed by atoms with Crippen molar-refractivity contribution >= 4 is 11.6 Å². The lowest BCUT2D eigenvalue weighted by atomic mass is 9.91. The van der Waals surface area contributed by atoms with Crippen molar-refractivity contribution in [3.05, 3.63) is 59.7 Å². The van der Waals surface area contributed by atoms with Crippen molar-refractivity contribution in [2.24, 2.45) is 0 Å². The average molecular weight is 441 g/mol. The topological polar surface area (TPSA) is 93.1 Å². The van der Waals surface area contributed by atoms with E-state index in [0.29, 0.717) is 36.8 Å². The molecule has 2 aliphatic rings. The molecular weight excluding hydrogens is 408 g/mol. The van der Waals surface area contributed by atoms with Crippen LogP contribution in [0.4, 0.5) is 0 Å². The fraction of sp³-hybridized carbons (Fsp3) is 0.462. The molecule has 4 rings (SSSR count). The van der Waals surface area contributed by atoms with Crippen LogP contribution in [0.15, 0.2) is 48.5 Å². The summed E-state index contributed by atoms with van der Waals surface area (Å²) in [5.74, 6) is 1.12. The van der Waals surface area contributed by atoms with Crippen LogP contribution < -0.4 is 9.47 Å². The molecule has 32 heavy (non-hydrogen) atoms. The number of Topliss-reactive ketones (excluding diaryl/α,β-unsaturated/α-hetero) is 2. The SMILES string of the molecule is COc1ccc(C(=O)C2(O)CCCC2)cc1.COc1ccc(C(=O)C2(O)CCCC2)cc1. The number of methoxy groups -OCH3 is 2. The Morgan fingerprint density at radius 1 is 0.625 bits per heavy atom. The second kappa shape index (κ2) is 10.3. The maximum atomic E-state index is 12.1. The van der Waals surface area contributed by atoms with Gasteiger partial charge in [-0.3, -0.25) is 9.59 Å². The zero-order valence-corrected chi connectivity index (χ0v) is 18.8. The molecule has 0 radical (unpaired) electrons. The van der Waals surface area contributed by atoms with Crippen LogP contribution in [0.25, 0.3) is 0 Å². The lowest BCUT2D eigenvalue weighted by molar-refractivity contribution is 0.0352. The van der Waals surface area contributed by atoms with E-state index < -0.39 is 11.2 Å². The van der Waals surface area contributed by atoms with Gasteiger partial charge in [-0.1, -0.05) is 0 Å². The van der Waals surface area contributed by atoms with Crippen LogP contribution in [-0.4, -0.2) is 47.2 Å². The number of hydrogen-bond donors (Lipinski definition) is 2. The molecule has 6 heteroatoms. The molecule has 0 amide bonds. The quantitative estimate of drug-likeness (QED) is 0.648. The van der Waals surface area contributed by atoms with Crippen LogP contribution in [0.1, 0.15) is 72.1 Å². The van der Waals surface area contributed by atoms with Gasteiger partial charge in [0, 0.05) is 11.1 Å². The first kappa shape index (κ1) is 24.0. The summed E-state index contributed by atoms with van der Waals surface area (Å²) in [5.41, 5.74) is -1.14. The Kier molecular flexibility index (Phi) is 7.69. The first-order valence-electron chi connectivity index (χ1n) is 11.1. The minimum atomic E-state index is -1.13. The van der Waals surface area contributed by atoms with Gasteiger partial charge in [0.25, 0.3) is 0 Å². The molecule has 172 valence electrons. The Morgan fingerprint density at radius 2 is 0.906 bits per heavy atom. The smallest absolute Gasteiger partial charge is 0.194 e. The van der Waals surface area contributed by atoms with Gasteiger partial charge in [-0.2, -0.15) is 0 Å². The van der Waals surface area contributed by atoms with E-state index in [1.807, 2.05) is 0 Å². The normalized spacial score (nSPS) is 18.4. The van der Waals surface area contributed by atoms with E-state index in [2.05, 4.69) is 0 Å². The third kappa shape index (κ3) is 5.37. The number of benzene rings is 2. The number of carbonyl (C=O) groups excluding carboxylic acids is 2. The van der Waals surface area contributed by atoms with Crippen molar-refractivity contribution in [2.45, 2.75) is 62.6 Å². The molecule has 2 aromatic carbocycles. The van der Waals surface area contributed by atoms with Gasteiger partial charge in [0.05, 0.1) is 14.2 Å². The van der Waals surface area contributed by atoms with Gasteiger partial charge in [-0.15, -0.1) is 0 Å². The second-order valence-corrected chi connectivity index (χ2v) is 8.59. The summed E-state index contributed by atoms with van der Waals surface area (Å²) in [6.45, 7) is 0. The van der Waals surface area contributed by atoms with Gasteiger partial charge in [0.15, 0.2) is 11.6 Å². The van der Waals surface area contributed by atoms with Gasteiger partial charge in [-0.25, -0.2) is 0 Å². The summed E-state index contributed by atoms with van der Waals surface area (Å²) in [6, 6.07) is 13.8. The highest BCUT2D eigenvalue weighted by atomic mass is 16.5. The van der Waals surface area contributed by atoms with Crippen LogP contribution in [0.5, 0.6) is 11.5 Å². The zero-order chi connectivity index (χ0) is 23.2. The Labute approximate surface area is 189 Å². The van der Waals surface area contributed by atoms with Gasteiger partial charge in [0.1, 0.15) is 22.7 Å². The van der Waals surface area contributed by atoms with E-state index in [1.54, 1.807) is 62.8 Å². The highest BCUT2D eigenvalue weighted by molar-refractivity contribution is 6.03. The summed E-state index contributed by atoms with van der Waals surface area (Å²) in [5, 5.41) is 20.3. The Hall–Kier alpha value is -2.70. The lowest BCUT2D eigenvalue weighted by Gasteiger charge is -2.20. The van der Waals surface area contributed by atoms with E-state index in [1.165, 1.54) is 0 Å². The molecule has 0 atom stereocenters. The Bertz CT molecular complexity index is 827. The first-order valence-corrected chi connectivity index (χ1v) is 11.1. The van der Waals surface area contributed by atoms with Crippen LogP contribution in [0, 0.1) is 0 Å². The minimum Gasteiger partial charge on any atom is -0.497 e. The van der Waals surface area contributed by atoms with Crippen LogP contribution in [0.3, 0.4) is 0 Å². The van der Waals surface area contributed by atoms with E-state index in [4.69, 9.17) is 9.47 Å². The fourth-order valence-electron chi connectivity index (χ4n) is 4.40. The summed E-state index contributed by atoms with van der Waals surface area (Å²) in [4.78, 5) is 24.2. The maximum Gasteiger partial charge on any atom is 0.194 e. The Balaban J connectivity index is 0.000000181. The molecule has 0 heterocycles. The predicted octanol–water partition coefficient (Wildman–Crippen LogP) is 4.37. The van der Waals surface area contributed by atoms with Crippen LogP contribution in [0.2, 0.25) is 0 Å². The van der Waals surface area contributed by atoms with E-state index in [0.717, 1.165) is 37.2 Å². The fourth-order valence-corrected chi connectivity index (χ4v) is 4.40. The maximum absolute atomic E-state index is 12.1. The highest BCUT2D eigenvalue weighted by Crippen LogP contribution is 2.33. The van der Waals surface area contributed by atoms with E-state index in [-0.39, 0.29) is 11.6 Å². The number of rotatable bonds is 6. The standard InChI is InChI=1S/2C13H16O3/c2*1-16-11-6-4-10(5-7-11)12(14)13(15)8-2-3-9-13/h2*4-7,15H,2-3,8-9H2,1H3. The van der Waals surface area contributed by atoms with Crippen molar-refractivity contribution in [3.63, 3.8) is 0 Å². The van der Waals surface area contributed by atoms with E-state index >= 15 is 0 Å². The van der Waals surface area contributed by atoms with Crippen molar-refractivity contribution < 1.29 is 29.3 Å². The zero-order valence-electron chi connectivity index (χ0n) is 18.8. The number of ether oxygens (including phenoxy) is 2. The Morgan fingerprint density at radius 3 is 1.16 bits per heavy atom. The molecule has 2 aromatic rings. The van der Waals surface area contributed by atoms with Crippen molar-refractivity contribution in [3.8, 4) is 11.5 Å². The molecule has 0 bridgehead atoms.